The van der Waals surface area contributed by atoms with Crippen LogP contribution in [0.3, 0.4) is 0 Å². The van der Waals surface area contributed by atoms with Crippen molar-refractivity contribution in [1.29, 1.82) is 0 Å². The smallest absolute Gasteiger partial charge is 0.378 e. The first-order valence-corrected chi connectivity index (χ1v) is 11.3. The zero-order valence-electron chi connectivity index (χ0n) is 17.5. The van der Waals surface area contributed by atoms with Crippen molar-refractivity contribution in [2.75, 3.05) is 0 Å². The van der Waals surface area contributed by atoms with Crippen LogP contribution in [0.4, 0.5) is 0 Å². The van der Waals surface area contributed by atoms with Gasteiger partial charge in [-0.1, -0.05) is 96.8 Å². The third kappa shape index (κ3) is 9.48. The Kier molecular flexibility index (Phi) is 13.4. The number of aliphatic hydroxyl groups excluding tert-OH is 3. The molecule has 0 amide bonds. The first kappa shape index (κ1) is 25.1. The van der Waals surface area contributed by atoms with Crippen LogP contribution in [-0.2, 0) is 14.3 Å². The van der Waals surface area contributed by atoms with Gasteiger partial charge >= 0.3 is 5.97 Å². The Balaban J connectivity index is 1.93. The van der Waals surface area contributed by atoms with Gasteiger partial charge < -0.3 is 20.1 Å². The third-order valence-corrected chi connectivity index (χ3v) is 5.61. The zero-order chi connectivity index (χ0) is 20.8. The molecule has 1 aliphatic heterocycles. The van der Waals surface area contributed by atoms with Gasteiger partial charge in [-0.15, -0.1) is 0 Å². The van der Waals surface area contributed by atoms with Gasteiger partial charge in [-0.05, 0) is 6.42 Å². The van der Waals surface area contributed by atoms with Crippen LogP contribution in [0.25, 0.3) is 0 Å². The number of unbranched alkanes of at least 4 members (excludes halogenated alkanes) is 13. The molecule has 0 aromatic heterocycles. The molecule has 0 saturated carbocycles. The molecule has 0 radical (unpaired) electrons. The van der Waals surface area contributed by atoms with E-state index >= 15 is 0 Å². The summed E-state index contributed by atoms with van der Waals surface area (Å²) in [5, 5.41) is 29.6. The summed E-state index contributed by atoms with van der Waals surface area (Å²) in [6, 6.07) is 0. The van der Waals surface area contributed by atoms with Gasteiger partial charge in [0.25, 0.3) is 5.78 Å². The highest BCUT2D eigenvalue weighted by Crippen LogP contribution is 2.20. The molecule has 28 heavy (non-hydrogen) atoms. The van der Waals surface area contributed by atoms with Gasteiger partial charge in [0.2, 0.25) is 0 Å². The fourth-order valence-electron chi connectivity index (χ4n) is 3.71. The van der Waals surface area contributed by atoms with E-state index in [-0.39, 0.29) is 0 Å². The van der Waals surface area contributed by atoms with E-state index in [1.807, 2.05) is 0 Å². The molecular weight excluding hydrogens is 360 g/mol. The maximum absolute atomic E-state index is 11.2. The number of hydrogen-bond donors (Lipinski definition) is 3. The summed E-state index contributed by atoms with van der Waals surface area (Å²) in [4.78, 5) is 22.3. The van der Waals surface area contributed by atoms with Crippen LogP contribution in [0, 0.1) is 0 Å². The number of esters is 1. The molecule has 1 heterocycles. The zero-order valence-corrected chi connectivity index (χ0v) is 17.5. The average Bonchev–Trinajstić information content (AvgIpc) is 2.94. The maximum atomic E-state index is 11.2. The molecule has 1 saturated heterocycles. The van der Waals surface area contributed by atoms with Crippen molar-refractivity contribution in [3.05, 3.63) is 0 Å². The van der Waals surface area contributed by atoms with E-state index in [1.165, 1.54) is 70.6 Å². The average molecular weight is 401 g/mol. The summed E-state index contributed by atoms with van der Waals surface area (Å²) < 4.78 is 4.64. The third-order valence-electron chi connectivity index (χ3n) is 5.61. The molecule has 0 aromatic rings. The van der Waals surface area contributed by atoms with Crippen molar-refractivity contribution >= 4 is 11.8 Å². The quantitative estimate of drug-likeness (QED) is 0.196. The first-order valence-electron chi connectivity index (χ1n) is 11.3. The lowest BCUT2D eigenvalue weighted by atomic mass is 9.98. The van der Waals surface area contributed by atoms with Crippen LogP contribution in [0.2, 0.25) is 0 Å². The predicted molar refractivity (Wildman–Crippen MR) is 108 cm³/mol. The Bertz CT molecular complexity index is 439. The van der Waals surface area contributed by atoms with E-state index in [0.717, 1.165) is 19.3 Å². The SMILES string of the molecule is CCCCCCCCCCCCCCCCC(O)[C@H](O)[C@H]1OC(=O)C(=O)C1O. The van der Waals surface area contributed by atoms with Crippen molar-refractivity contribution < 1.29 is 29.6 Å². The fourth-order valence-corrected chi connectivity index (χ4v) is 3.71. The first-order chi connectivity index (χ1) is 13.5. The van der Waals surface area contributed by atoms with Crippen molar-refractivity contribution in [2.24, 2.45) is 0 Å². The summed E-state index contributed by atoms with van der Waals surface area (Å²) >= 11 is 0. The minimum absolute atomic E-state index is 0.355. The summed E-state index contributed by atoms with van der Waals surface area (Å²) in [6.45, 7) is 2.24. The Morgan fingerprint density at radius 2 is 1.21 bits per heavy atom. The number of ketones is 1. The lowest BCUT2D eigenvalue weighted by Crippen LogP contribution is -2.44. The summed E-state index contributed by atoms with van der Waals surface area (Å²) in [6.07, 6.45) is 12.1. The topological polar surface area (TPSA) is 104 Å². The number of rotatable bonds is 17. The number of ether oxygens (including phenoxy) is 1. The van der Waals surface area contributed by atoms with E-state index in [0.29, 0.717) is 6.42 Å². The van der Waals surface area contributed by atoms with Gasteiger partial charge in [0.15, 0.2) is 12.2 Å². The molecule has 4 atom stereocenters. The Morgan fingerprint density at radius 3 is 1.61 bits per heavy atom. The van der Waals surface area contributed by atoms with Crippen LogP contribution >= 0.6 is 0 Å². The molecule has 3 N–H and O–H groups in total. The minimum atomic E-state index is -1.69. The van der Waals surface area contributed by atoms with E-state index in [1.54, 1.807) is 0 Å². The van der Waals surface area contributed by atoms with Gasteiger partial charge in [-0.3, -0.25) is 4.79 Å². The molecule has 0 bridgehead atoms. The van der Waals surface area contributed by atoms with Gasteiger partial charge in [0.1, 0.15) is 6.10 Å². The standard InChI is InChI=1S/C22H40O6/c1-2-3-4-5-6-7-8-9-10-11-12-13-14-15-16-17(23)18(24)21-19(25)20(26)22(27)28-21/h17-19,21,23-25H,2-16H2,1H3/t17?,18-,19?,21+/m0/s1. The second kappa shape index (κ2) is 14.9. The summed E-state index contributed by atoms with van der Waals surface area (Å²) in [7, 11) is 0. The lowest BCUT2D eigenvalue weighted by molar-refractivity contribution is -0.154. The Morgan fingerprint density at radius 1 is 0.786 bits per heavy atom. The highest BCUT2D eigenvalue weighted by Gasteiger charge is 2.47. The monoisotopic (exact) mass is 400 g/mol. The number of carbonyl (C=O) groups is 2. The van der Waals surface area contributed by atoms with Crippen molar-refractivity contribution in [3.8, 4) is 0 Å². The summed E-state index contributed by atoms with van der Waals surface area (Å²) in [5.74, 6) is -2.21. The highest BCUT2D eigenvalue weighted by molar-refractivity contribution is 6.37. The molecule has 6 nitrogen and oxygen atoms in total. The van der Waals surface area contributed by atoms with Gasteiger partial charge in [0, 0.05) is 0 Å². The lowest BCUT2D eigenvalue weighted by Gasteiger charge is -2.23. The molecule has 0 aliphatic carbocycles. The van der Waals surface area contributed by atoms with Gasteiger partial charge in [0.05, 0.1) is 6.10 Å². The number of carbonyl (C=O) groups excluding carboxylic acids is 2. The Hall–Kier alpha value is -0.980. The van der Waals surface area contributed by atoms with E-state index in [9.17, 15) is 24.9 Å². The second-order valence-corrected chi connectivity index (χ2v) is 8.12. The van der Waals surface area contributed by atoms with E-state index < -0.39 is 36.2 Å². The van der Waals surface area contributed by atoms with Crippen LogP contribution < -0.4 is 0 Å². The molecule has 2 unspecified atom stereocenters. The van der Waals surface area contributed by atoms with E-state index in [2.05, 4.69) is 11.7 Å². The minimum Gasteiger partial charge on any atom is -0.450 e. The van der Waals surface area contributed by atoms with E-state index in [4.69, 9.17) is 0 Å². The molecule has 6 heteroatoms. The molecule has 0 aromatic carbocycles. The van der Waals surface area contributed by atoms with Crippen molar-refractivity contribution in [1.82, 2.24) is 0 Å². The number of Topliss-reactive ketones (excluding diaryl/α,β-unsaturated/α-hetero) is 1. The maximum Gasteiger partial charge on any atom is 0.378 e. The van der Waals surface area contributed by atoms with Gasteiger partial charge in [-0.25, -0.2) is 4.79 Å². The molecule has 1 fully saturated rings. The predicted octanol–water partition coefficient (Wildman–Crippen LogP) is 3.44. The largest absolute Gasteiger partial charge is 0.450 e. The van der Waals surface area contributed by atoms with Gasteiger partial charge in [-0.2, -0.15) is 0 Å². The number of cyclic esters (lactones) is 1. The second-order valence-electron chi connectivity index (χ2n) is 8.12. The van der Waals surface area contributed by atoms with Crippen LogP contribution in [0.1, 0.15) is 103 Å². The van der Waals surface area contributed by atoms with Crippen LogP contribution in [0.5, 0.6) is 0 Å². The van der Waals surface area contributed by atoms with Crippen LogP contribution in [-0.4, -0.2) is 51.5 Å². The van der Waals surface area contributed by atoms with Crippen molar-refractivity contribution in [3.63, 3.8) is 0 Å². The molecule has 164 valence electrons. The molecular formula is C22H40O6. The van der Waals surface area contributed by atoms with Crippen LogP contribution in [0.15, 0.2) is 0 Å². The van der Waals surface area contributed by atoms with Crippen molar-refractivity contribution in [2.45, 2.75) is 128 Å². The number of hydrogen-bond acceptors (Lipinski definition) is 6. The molecule has 0 spiro atoms. The molecule has 1 aliphatic rings. The number of aliphatic hydroxyl groups is 3. The molecule has 1 rings (SSSR count). The highest BCUT2D eigenvalue weighted by atomic mass is 16.6. The Labute approximate surface area is 169 Å². The summed E-state index contributed by atoms with van der Waals surface area (Å²) in [5.41, 5.74) is 0. The normalized spacial score (nSPS) is 21.7. The fraction of sp³-hybridized carbons (Fsp3) is 0.909.